The van der Waals surface area contributed by atoms with Gasteiger partial charge in [0.15, 0.2) is 9.76 Å². The lowest BCUT2D eigenvalue weighted by molar-refractivity contribution is 0.676. The maximum atomic E-state index is 5.49. The van der Waals surface area contributed by atoms with Crippen LogP contribution >= 0.6 is 0 Å². The third-order valence-corrected chi connectivity index (χ3v) is 4.99. The first-order chi connectivity index (χ1) is 7.42. The molecule has 15 heavy (non-hydrogen) atoms. The highest BCUT2D eigenvalue weighted by Gasteiger charge is 2.23. The Morgan fingerprint density at radius 1 is 0.867 bits per heavy atom. The highest BCUT2D eigenvalue weighted by molar-refractivity contribution is 6.54. The molecule has 0 heterocycles. The Balaban J connectivity index is 2.16. The summed E-state index contributed by atoms with van der Waals surface area (Å²) in [4.78, 5) is 0. The van der Waals surface area contributed by atoms with Gasteiger partial charge in [0.2, 0.25) is 0 Å². The first kappa shape index (κ1) is 9.09. The molecule has 3 heteroatoms. The van der Waals surface area contributed by atoms with Gasteiger partial charge in [-0.2, -0.15) is 0 Å². The van der Waals surface area contributed by atoms with Crippen LogP contribution in [-0.4, -0.2) is 20.2 Å². The van der Waals surface area contributed by atoms with Crippen molar-refractivity contribution in [3.8, 4) is 22.3 Å². The molecule has 0 aromatic heterocycles. The van der Waals surface area contributed by atoms with Gasteiger partial charge in [-0.15, -0.1) is 0 Å². The van der Waals surface area contributed by atoms with Crippen molar-refractivity contribution in [2.24, 2.45) is 0 Å². The average Bonchev–Trinajstić information content (AvgIpc) is 2.26. The van der Waals surface area contributed by atoms with Gasteiger partial charge in [0.25, 0.3) is 0 Å². The highest BCUT2D eigenvalue weighted by Crippen LogP contribution is 2.45. The minimum atomic E-state index is -0.478. The molecule has 74 valence electrons. The van der Waals surface area contributed by atoms with Gasteiger partial charge in [-0.3, -0.25) is 0 Å². The van der Waals surface area contributed by atoms with E-state index < -0.39 is 9.76 Å². The molecule has 1 aliphatic rings. The van der Waals surface area contributed by atoms with Crippen LogP contribution in [0.4, 0.5) is 0 Å². The fourth-order valence-corrected chi connectivity index (χ4v) is 4.29. The summed E-state index contributed by atoms with van der Waals surface area (Å²) in [5.74, 6) is 0. The molecule has 0 saturated heterocycles. The van der Waals surface area contributed by atoms with Crippen molar-refractivity contribution >= 4 is 25.4 Å². The molecule has 2 aromatic carbocycles. The third kappa shape index (κ3) is 1.24. The Labute approximate surface area is 94.6 Å². The number of fused-ring (bicyclic) bond motifs is 4. The molecule has 0 unspecified atom stereocenters. The molecule has 0 fully saturated rings. The third-order valence-electron chi connectivity index (χ3n) is 2.94. The standard InChI is InChI=1S/C12H12OSi2/c14-13-15-11-7-3-6-10-8-4-1-2-5-9(8)12(10)11/h1-7H,15H2,14H3. The van der Waals surface area contributed by atoms with Gasteiger partial charge in [0.05, 0.1) is 0 Å². The number of hydrogen-bond donors (Lipinski definition) is 0. The maximum Gasteiger partial charge on any atom is 0.178 e. The Hall–Kier alpha value is -1.17. The normalized spacial score (nSPS) is 12.5. The Kier molecular flexibility index (Phi) is 2.09. The molecule has 1 aliphatic carbocycles. The molecule has 0 aliphatic heterocycles. The zero-order valence-electron chi connectivity index (χ0n) is 8.66. The van der Waals surface area contributed by atoms with Crippen molar-refractivity contribution in [3.05, 3.63) is 42.5 Å². The summed E-state index contributed by atoms with van der Waals surface area (Å²) in [6.45, 7) is 0. The van der Waals surface area contributed by atoms with Crippen LogP contribution in [-0.2, 0) is 4.12 Å². The Morgan fingerprint density at radius 2 is 1.60 bits per heavy atom. The van der Waals surface area contributed by atoms with Crippen molar-refractivity contribution in [3.63, 3.8) is 0 Å². The first-order valence-corrected chi connectivity index (χ1v) is 7.22. The van der Waals surface area contributed by atoms with E-state index in [9.17, 15) is 0 Å². The second-order valence-corrected chi connectivity index (χ2v) is 7.18. The van der Waals surface area contributed by atoms with Gasteiger partial charge in [-0.05, 0) is 27.4 Å². The van der Waals surface area contributed by atoms with Crippen LogP contribution in [0.15, 0.2) is 42.5 Å². The lowest BCUT2D eigenvalue weighted by Crippen LogP contribution is -2.22. The predicted molar refractivity (Wildman–Crippen MR) is 70.1 cm³/mol. The molecule has 1 nitrogen and oxygen atoms in total. The van der Waals surface area contributed by atoms with Gasteiger partial charge in [0.1, 0.15) is 10.5 Å². The van der Waals surface area contributed by atoms with Crippen molar-refractivity contribution in [1.29, 1.82) is 0 Å². The van der Waals surface area contributed by atoms with E-state index in [1.165, 1.54) is 27.4 Å². The fourth-order valence-electron chi connectivity index (χ4n) is 2.29. The van der Waals surface area contributed by atoms with Crippen LogP contribution in [0.3, 0.4) is 0 Å². The van der Waals surface area contributed by atoms with Gasteiger partial charge in [0, 0.05) is 0 Å². The molecular formula is C12H12OSi2. The van der Waals surface area contributed by atoms with Crippen LogP contribution in [0, 0.1) is 0 Å². The quantitative estimate of drug-likeness (QED) is 0.575. The van der Waals surface area contributed by atoms with E-state index in [1.54, 1.807) is 0 Å². The number of hydrogen-bond acceptors (Lipinski definition) is 1. The summed E-state index contributed by atoms with van der Waals surface area (Å²) in [6, 6.07) is 15.2. The van der Waals surface area contributed by atoms with E-state index in [0.29, 0.717) is 0 Å². The fraction of sp³-hybridized carbons (Fsp3) is 0. The molecule has 0 saturated carbocycles. The average molecular weight is 228 g/mol. The molecule has 3 rings (SSSR count). The summed E-state index contributed by atoms with van der Waals surface area (Å²) < 4.78 is 5.49. The van der Waals surface area contributed by atoms with Gasteiger partial charge < -0.3 is 4.12 Å². The Bertz CT molecular complexity index is 523. The first-order valence-electron chi connectivity index (χ1n) is 5.12. The summed E-state index contributed by atoms with van der Waals surface area (Å²) in [6.07, 6.45) is 0. The van der Waals surface area contributed by atoms with Crippen molar-refractivity contribution < 1.29 is 4.12 Å². The van der Waals surface area contributed by atoms with Crippen molar-refractivity contribution in [1.82, 2.24) is 0 Å². The maximum absolute atomic E-state index is 5.49. The van der Waals surface area contributed by atoms with Crippen LogP contribution in [0.25, 0.3) is 22.3 Å². The highest BCUT2D eigenvalue weighted by atomic mass is 28.3. The number of rotatable bonds is 2. The number of benzene rings is 2. The molecule has 0 atom stereocenters. The van der Waals surface area contributed by atoms with Crippen LogP contribution in [0.2, 0.25) is 0 Å². The van der Waals surface area contributed by atoms with Crippen LogP contribution in [0.5, 0.6) is 0 Å². The summed E-state index contributed by atoms with van der Waals surface area (Å²) in [5, 5.41) is 1.46. The monoisotopic (exact) mass is 228 g/mol. The van der Waals surface area contributed by atoms with Gasteiger partial charge in [-0.1, -0.05) is 42.5 Å². The second kappa shape index (κ2) is 3.45. The van der Waals surface area contributed by atoms with E-state index in [4.69, 9.17) is 4.12 Å². The smallest absolute Gasteiger partial charge is 0.178 e. The van der Waals surface area contributed by atoms with Gasteiger partial charge >= 0.3 is 0 Å². The molecular weight excluding hydrogens is 216 g/mol. The Morgan fingerprint density at radius 3 is 2.40 bits per heavy atom. The topological polar surface area (TPSA) is 9.23 Å². The molecule has 0 radical (unpaired) electrons. The van der Waals surface area contributed by atoms with Crippen LogP contribution < -0.4 is 5.19 Å². The predicted octanol–water partition coefficient (Wildman–Crippen LogP) is 0.340. The SMILES string of the molecule is [SiH3]O[SiH2]c1cccc2c1-c1ccccc1-2. The molecule has 0 spiro atoms. The minimum Gasteiger partial charge on any atom is -0.465 e. The van der Waals surface area contributed by atoms with Crippen LogP contribution in [0.1, 0.15) is 0 Å². The van der Waals surface area contributed by atoms with E-state index in [2.05, 4.69) is 42.5 Å². The molecule has 2 aromatic rings. The van der Waals surface area contributed by atoms with E-state index in [0.717, 1.165) is 10.5 Å². The van der Waals surface area contributed by atoms with E-state index in [1.807, 2.05) is 0 Å². The lowest BCUT2D eigenvalue weighted by Gasteiger charge is -2.26. The lowest BCUT2D eigenvalue weighted by atomic mass is 9.81. The molecule has 0 bridgehead atoms. The van der Waals surface area contributed by atoms with Crippen molar-refractivity contribution in [2.75, 3.05) is 0 Å². The minimum absolute atomic E-state index is 0.478. The van der Waals surface area contributed by atoms with E-state index >= 15 is 0 Å². The summed E-state index contributed by atoms with van der Waals surface area (Å²) >= 11 is 0. The largest absolute Gasteiger partial charge is 0.465 e. The zero-order chi connectivity index (χ0) is 10.3. The van der Waals surface area contributed by atoms with E-state index in [-0.39, 0.29) is 0 Å². The zero-order valence-corrected chi connectivity index (χ0v) is 12.1. The molecule has 0 amide bonds. The summed E-state index contributed by atoms with van der Waals surface area (Å²) in [5.41, 5.74) is 5.68. The van der Waals surface area contributed by atoms with Gasteiger partial charge in [-0.25, -0.2) is 0 Å². The summed E-state index contributed by atoms with van der Waals surface area (Å²) in [7, 11) is 0.384. The molecule has 0 N–H and O–H groups in total. The van der Waals surface area contributed by atoms with Crippen molar-refractivity contribution in [2.45, 2.75) is 0 Å². The second-order valence-electron chi connectivity index (χ2n) is 3.82.